The van der Waals surface area contributed by atoms with Crippen molar-refractivity contribution in [2.24, 2.45) is 0 Å². The SMILES string of the molecule is Cc1[nH]c2c(C(=O)N(C)CC(C)O)cccc2c1C. The Labute approximate surface area is 113 Å². The van der Waals surface area contributed by atoms with Crippen LogP contribution in [0.15, 0.2) is 18.2 Å². The second kappa shape index (κ2) is 5.05. The fourth-order valence-corrected chi connectivity index (χ4v) is 2.35. The van der Waals surface area contributed by atoms with Gasteiger partial charge in [0.05, 0.1) is 17.2 Å². The Bertz CT molecular complexity index is 614. The average Bonchev–Trinajstić information content (AvgIpc) is 2.64. The molecule has 0 radical (unpaired) electrons. The van der Waals surface area contributed by atoms with E-state index >= 15 is 0 Å². The zero-order valence-corrected chi connectivity index (χ0v) is 11.8. The van der Waals surface area contributed by atoms with Gasteiger partial charge < -0.3 is 15.0 Å². The minimum Gasteiger partial charge on any atom is -0.392 e. The van der Waals surface area contributed by atoms with Gasteiger partial charge in [0.25, 0.3) is 5.91 Å². The fraction of sp³-hybridized carbons (Fsp3) is 0.400. The molecular formula is C15H20N2O2. The average molecular weight is 260 g/mol. The van der Waals surface area contributed by atoms with E-state index in [1.54, 1.807) is 18.9 Å². The molecule has 0 fully saturated rings. The zero-order valence-electron chi connectivity index (χ0n) is 11.8. The maximum absolute atomic E-state index is 12.4. The first kappa shape index (κ1) is 13.6. The van der Waals surface area contributed by atoms with Crippen molar-refractivity contribution in [2.45, 2.75) is 26.9 Å². The summed E-state index contributed by atoms with van der Waals surface area (Å²) in [6.45, 7) is 6.05. The minimum absolute atomic E-state index is 0.0762. The van der Waals surface area contributed by atoms with Crippen molar-refractivity contribution in [1.82, 2.24) is 9.88 Å². The van der Waals surface area contributed by atoms with Crippen LogP contribution in [0, 0.1) is 13.8 Å². The Hall–Kier alpha value is -1.81. The minimum atomic E-state index is -0.528. The molecule has 0 aliphatic rings. The van der Waals surface area contributed by atoms with Gasteiger partial charge >= 0.3 is 0 Å². The molecule has 0 bridgehead atoms. The van der Waals surface area contributed by atoms with E-state index in [0.717, 1.165) is 16.6 Å². The number of aromatic nitrogens is 1. The predicted molar refractivity (Wildman–Crippen MR) is 76.4 cm³/mol. The molecule has 2 N–H and O–H groups in total. The number of aliphatic hydroxyl groups excluding tert-OH is 1. The third-order valence-corrected chi connectivity index (χ3v) is 3.46. The van der Waals surface area contributed by atoms with Crippen molar-refractivity contribution < 1.29 is 9.90 Å². The Balaban J connectivity index is 2.45. The van der Waals surface area contributed by atoms with Crippen LogP contribution in [0.1, 0.15) is 28.5 Å². The van der Waals surface area contributed by atoms with Crippen LogP contribution in [-0.4, -0.2) is 40.6 Å². The molecule has 0 aliphatic carbocycles. The van der Waals surface area contributed by atoms with E-state index in [9.17, 15) is 9.90 Å². The van der Waals surface area contributed by atoms with Gasteiger partial charge in [0, 0.05) is 24.7 Å². The highest BCUT2D eigenvalue weighted by molar-refractivity contribution is 6.06. The lowest BCUT2D eigenvalue weighted by Crippen LogP contribution is -2.33. The summed E-state index contributed by atoms with van der Waals surface area (Å²) in [5.41, 5.74) is 3.77. The number of H-pyrrole nitrogens is 1. The first-order chi connectivity index (χ1) is 8.91. The quantitative estimate of drug-likeness (QED) is 0.889. The van der Waals surface area contributed by atoms with Crippen LogP contribution in [-0.2, 0) is 0 Å². The first-order valence-corrected chi connectivity index (χ1v) is 6.43. The van der Waals surface area contributed by atoms with Gasteiger partial charge in [-0.05, 0) is 32.4 Å². The molecule has 4 heteroatoms. The highest BCUT2D eigenvalue weighted by atomic mass is 16.3. The summed E-state index contributed by atoms with van der Waals surface area (Å²) in [5, 5.41) is 10.5. The Kier molecular flexibility index (Phi) is 3.62. The van der Waals surface area contributed by atoms with Gasteiger partial charge in [0.1, 0.15) is 0 Å². The Morgan fingerprint density at radius 1 is 1.42 bits per heavy atom. The predicted octanol–water partition coefficient (Wildman–Crippen LogP) is 2.24. The van der Waals surface area contributed by atoms with Gasteiger partial charge in [0.15, 0.2) is 0 Å². The Morgan fingerprint density at radius 3 is 2.74 bits per heavy atom. The van der Waals surface area contributed by atoms with Crippen molar-refractivity contribution in [2.75, 3.05) is 13.6 Å². The van der Waals surface area contributed by atoms with Crippen LogP contribution in [0.25, 0.3) is 10.9 Å². The van der Waals surface area contributed by atoms with Crippen LogP contribution in [0.2, 0.25) is 0 Å². The lowest BCUT2D eigenvalue weighted by Gasteiger charge is -2.19. The molecule has 1 atom stereocenters. The van der Waals surface area contributed by atoms with E-state index in [1.165, 1.54) is 5.56 Å². The van der Waals surface area contributed by atoms with E-state index in [2.05, 4.69) is 4.98 Å². The number of fused-ring (bicyclic) bond motifs is 1. The van der Waals surface area contributed by atoms with E-state index in [0.29, 0.717) is 12.1 Å². The first-order valence-electron chi connectivity index (χ1n) is 6.43. The van der Waals surface area contributed by atoms with Crippen molar-refractivity contribution in [3.05, 3.63) is 35.0 Å². The summed E-state index contributed by atoms with van der Waals surface area (Å²) in [5.74, 6) is -0.0762. The van der Waals surface area contributed by atoms with Gasteiger partial charge in [-0.3, -0.25) is 4.79 Å². The van der Waals surface area contributed by atoms with Gasteiger partial charge in [-0.1, -0.05) is 12.1 Å². The lowest BCUT2D eigenvalue weighted by atomic mass is 10.1. The fourth-order valence-electron chi connectivity index (χ4n) is 2.35. The maximum atomic E-state index is 12.4. The van der Waals surface area contributed by atoms with E-state index in [1.807, 2.05) is 32.0 Å². The highest BCUT2D eigenvalue weighted by Crippen LogP contribution is 2.24. The number of aryl methyl sites for hydroxylation is 2. The number of aliphatic hydroxyl groups is 1. The van der Waals surface area contributed by atoms with E-state index in [4.69, 9.17) is 0 Å². The summed E-state index contributed by atoms with van der Waals surface area (Å²) in [4.78, 5) is 17.2. The van der Waals surface area contributed by atoms with E-state index < -0.39 is 6.10 Å². The molecule has 1 heterocycles. The van der Waals surface area contributed by atoms with Crippen LogP contribution in [0.3, 0.4) is 0 Å². The number of aromatic amines is 1. The molecule has 19 heavy (non-hydrogen) atoms. The van der Waals surface area contributed by atoms with Crippen LogP contribution >= 0.6 is 0 Å². The molecule has 0 spiro atoms. The van der Waals surface area contributed by atoms with Gasteiger partial charge in [-0.15, -0.1) is 0 Å². The highest BCUT2D eigenvalue weighted by Gasteiger charge is 2.18. The largest absolute Gasteiger partial charge is 0.392 e. The van der Waals surface area contributed by atoms with Crippen molar-refractivity contribution >= 4 is 16.8 Å². The smallest absolute Gasteiger partial charge is 0.255 e. The second-order valence-electron chi connectivity index (χ2n) is 5.14. The van der Waals surface area contributed by atoms with Crippen molar-refractivity contribution in [3.8, 4) is 0 Å². The topological polar surface area (TPSA) is 56.3 Å². The number of rotatable bonds is 3. The molecular weight excluding hydrogens is 240 g/mol. The normalized spacial score (nSPS) is 12.7. The van der Waals surface area contributed by atoms with Crippen molar-refractivity contribution in [3.63, 3.8) is 0 Å². The van der Waals surface area contributed by atoms with Gasteiger partial charge in [-0.2, -0.15) is 0 Å². The standard InChI is InChI=1S/C15H20N2O2/c1-9(18)8-17(4)15(19)13-7-5-6-12-10(2)11(3)16-14(12)13/h5-7,9,16,18H,8H2,1-4H3. The lowest BCUT2D eigenvalue weighted by molar-refractivity contribution is 0.0705. The number of hydrogen-bond donors (Lipinski definition) is 2. The molecule has 4 nitrogen and oxygen atoms in total. The number of nitrogens with zero attached hydrogens (tertiary/aromatic N) is 1. The molecule has 1 amide bonds. The Morgan fingerprint density at radius 2 is 2.11 bits per heavy atom. The zero-order chi connectivity index (χ0) is 14.2. The van der Waals surface area contributed by atoms with Crippen LogP contribution in [0.4, 0.5) is 0 Å². The molecule has 1 aromatic heterocycles. The number of hydrogen-bond acceptors (Lipinski definition) is 2. The molecule has 2 aromatic rings. The number of amides is 1. The summed E-state index contributed by atoms with van der Waals surface area (Å²) >= 11 is 0. The summed E-state index contributed by atoms with van der Waals surface area (Å²) in [6.07, 6.45) is -0.528. The van der Waals surface area contributed by atoms with Gasteiger partial charge in [-0.25, -0.2) is 0 Å². The maximum Gasteiger partial charge on any atom is 0.255 e. The summed E-state index contributed by atoms with van der Waals surface area (Å²) in [7, 11) is 1.70. The van der Waals surface area contributed by atoms with E-state index in [-0.39, 0.29) is 5.91 Å². The third-order valence-electron chi connectivity index (χ3n) is 3.46. The second-order valence-corrected chi connectivity index (χ2v) is 5.14. The number of para-hydroxylation sites is 1. The third kappa shape index (κ3) is 2.49. The molecule has 0 aliphatic heterocycles. The molecule has 102 valence electrons. The number of nitrogens with one attached hydrogen (secondary N) is 1. The molecule has 1 unspecified atom stereocenters. The monoisotopic (exact) mass is 260 g/mol. The molecule has 1 aromatic carbocycles. The summed E-state index contributed by atoms with van der Waals surface area (Å²) < 4.78 is 0. The summed E-state index contributed by atoms with van der Waals surface area (Å²) in [6, 6.07) is 5.73. The van der Waals surface area contributed by atoms with Gasteiger partial charge in [0.2, 0.25) is 0 Å². The molecule has 0 saturated heterocycles. The molecule has 2 rings (SSSR count). The van der Waals surface area contributed by atoms with Crippen LogP contribution < -0.4 is 0 Å². The number of carbonyl (C=O) groups excluding carboxylic acids is 1. The number of carbonyl (C=O) groups is 1. The number of benzene rings is 1. The van der Waals surface area contributed by atoms with Crippen LogP contribution in [0.5, 0.6) is 0 Å². The number of likely N-dealkylation sites (N-methyl/N-ethyl adjacent to an activating group) is 1. The molecule has 0 saturated carbocycles. The van der Waals surface area contributed by atoms with Crippen molar-refractivity contribution in [1.29, 1.82) is 0 Å².